The monoisotopic (exact) mass is 193 g/mol. The van der Waals surface area contributed by atoms with Crippen molar-refractivity contribution in [2.24, 2.45) is 5.92 Å². The summed E-state index contributed by atoms with van der Waals surface area (Å²) < 4.78 is 5.36. The first kappa shape index (κ1) is 9.78. The summed E-state index contributed by atoms with van der Waals surface area (Å²) in [6.45, 7) is 3.39. The van der Waals surface area contributed by atoms with Crippen molar-refractivity contribution < 1.29 is 4.42 Å². The zero-order valence-electron chi connectivity index (χ0n) is 8.83. The summed E-state index contributed by atoms with van der Waals surface area (Å²) >= 11 is 0. The van der Waals surface area contributed by atoms with Gasteiger partial charge in [-0.05, 0) is 37.4 Å². The maximum atomic E-state index is 5.36. The molecule has 0 bridgehead atoms. The van der Waals surface area contributed by atoms with Gasteiger partial charge in [-0.3, -0.25) is 0 Å². The molecule has 0 aliphatic heterocycles. The van der Waals surface area contributed by atoms with Crippen molar-refractivity contribution in [2.75, 3.05) is 6.54 Å². The van der Waals surface area contributed by atoms with Gasteiger partial charge in [-0.15, -0.1) is 0 Å². The maximum Gasteiger partial charge on any atom is 0.104 e. The van der Waals surface area contributed by atoms with E-state index in [-0.39, 0.29) is 0 Å². The van der Waals surface area contributed by atoms with Crippen molar-refractivity contribution in [3.8, 4) is 0 Å². The van der Waals surface area contributed by atoms with Crippen molar-refractivity contribution in [1.82, 2.24) is 5.32 Å². The fraction of sp³-hybridized carbons (Fsp3) is 0.667. The molecule has 78 valence electrons. The molecule has 1 aliphatic carbocycles. The Morgan fingerprint density at radius 2 is 2.43 bits per heavy atom. The van der Waals surface area contributed by atoms with Crippen LogP contribution in [0.4, 0.5) is 0 Å². The molecule has 1 aromatic heterocycles. The summed E-state index contributed by atoms with van der Waals surface area (Å²) in [7, 11) is 0. The summed E-state index contributed by atoms with van der Waals surface area (Å²) in [5.74, 6) is 1.84. The Labute approximate surface area is 85.7 Å². The highest BCUT2D eigenvalue weighted by molar-refractivity contribution is 4.99. The second-order valence-electron chi connectivity index (χ2n) is 4.24. The van der Waals surface area contributed by atoms with Gasteiger partial charge in [0.1, 0.15) is 5.76 Å². The van der Waals surface area contributed by atoms with E-state index in [1.807, 2.05) is 6.07 Å². The Kier molecular flexibility index (Phi) is 3.25. The largest absolute Gasteiger partial charge is 0.469 e. The predicted molar refractivity (Wildman–Crippen MR) is 57.2 cm³/mol. The Bertz CT molecular complexity index is 251. The van der Waals surface area contributed by atoms with Crippen LogP contribution >= 0.6 is 0 Å². The van der Waals surface area contributed by atoms with E-state index in [4.69, 9.17) is 4.42 Å². The summed E-state index contributed by atoms with van der Waals surface area (Å²) in [6.07, 6.45) is 6.80. The lowest BCUT2D eigenvalue weighted by atomic mass is 10.0. The number of nitrogens with one attached hydrogen (secondary N) is 1. The first-order valence-electron chi connectivity index (χ1n) is 5.64. The van der Waals surface area contributed by atoms with Crippen LogP contribution in [0.25, 0.3) is 0 Å². The smallest absolute Gasteiger partial charge is 0.104 e. The van der Waals surface area contributed by atoms with Crippen LogP contribution in [0.15, 0.2) is 22.8 Å². The molecule has 1 N–H and O–H groups in total. The van der Waals surface area contributed by atoms with Gasteiger partial charge in [0.05, 0.1) is 6.26 Å². The van der Waals surface area contributed by atoms with Crippen LogP contribution in [0.3, 0.4) is 0 Å². The Hall–Kier alpha value is -0.760. The van der Waals surface area contributed by atoms with Gasteiger partial charge >= 0.3 is 0 Å². The van der Waals surface area contributed by atoms with Crippen molar-refractivity contribution in [1.29, 1.82) is 0 Å². The predicted octanol–water partition coefficient (Wildman–Crippen LogP) is 2.60. The molecule has 1 aromatic rings. The third-order valence-corrected chi connectivity index (χ3v) is 2.92. The van der Waals surface area contributed by atoms with Crippen LogP contribution in [0.5, 0.6) is 0 Å². The highest BCUT2D eigenvalue weighted by Crippen LogP contribution is 2.20. The molecule has 0 spiro atoms. The molecule has 2 heteroatoms. The minimum Gasteiger partial charge on any atom is -0.469 e. The molecule has 2 rings (SSSR count). The summed E-state index contributed by atoms with van der Waals surface area (Å²) in [5, 5.41) is 3.58. The minimum atomic E-state index is 0.724. The number of hydrogen-bond acceptors (Lipinski definition) is 2. The zero-order chi connectivity index (χ0) is 9.80. The number of hydrogen-bond donors (Lipinski definition) is 1. The van der Waals surface area contributed by atoms with Crippen LogP contribution in [-0.2, 0) is 6.42 Å². The Morgan fingerprint density at radius 3 is 3.00 bits per heavy atom. The lowest BCUT2D eigenvalue weighted by molar-refractivity contribution is 0.407. The van der Waals surface area contributed by atoms with E-state index in [1.165, 1.54) is 19.3 Å². The van der Waals surface area contributed by atoms with Crippen LogP contribution in [0.2, 0.25) is 0 Å². The molecule has 2 nitrogen and oxygen atoms in total. The van der Waals surface area contributed by atoms with Gasteiger partial charge in [-0.25, -0.2) is 0 Å². The van der Waals surface area contributed by atoms with Crippen molar-refractivity contribution >= 4 is 0 Å². The molecule has 0 radical (unpaired) electrons. The lowest BCUT2D eigenvalue weighted by Crippen LogP contribution is -2.25. The molecular formula is C12H19NO. The van der Waals surface area contributed by atoms with E-state index in [2.05, 4.69) is 18.3 Å². The van der Waals surface area contributed by atoms with Crippen LogP contribution in [0, 0.1) is 5.92 Å². The van der Waals surface area contributed by atoms with E-state index < -0.39 is 0 Å². The van der Waals surface area contributed by atoms with E-state index in [9.17, 15) is 0 Å². The molecule has 1 unspecified atom stereocenters. The van der Waals surface area contributed by atoms with Crippen molar-refractivity contribution in [3.63, 3.8) is 0 Å². The molecule has 1 aliphatic rings. The number of rotatable bonds is 6. The molecular weight excluding hydrogens is 174 g/mol. The average molecular weight is 193 g/mol. The standard InChI is InChI=1S/C12H19NO/c1-2-10(9-13-11-5-6-11)8-12-4-3-7-14-12/h3-4,7,10-11,13H,2,5-6,8-9H2,1H3. The fourth-order valence-electron chi connectivity index (χ4n) is 1.69. The van der Waals surface area contributed by atoms with Gasteiger partial charge in [-0.1, -0.05) is 13.3 Å². The first-order chi connectivity index (χ1) is 6.88. The van der Waals surface area contributed by atoms with E-state index in [1.54, 1.807) is 6.26 Å². The van der Waals surface area contributed by atoms with Gasteiger partial charge in [-0.2, -0.15) is 0 Å². The molecule has 1 atom stereocenters. The van der Waals surface area contributed by atoms with Crippen LogP contribution in [-0.4, -0.2) is 12.6 Å². The highest BCUT2D eigenvalue weighted by Gasteiger charge is 2.21. The average Bonchev–Trinajstić information content (AvgIpc) is 2.90. The first-order valence-corrected chi connectivity index (χ1v) is 5.64. The molecule has 1 fully saturated rings. The summed E-state index contributed by atoms with van der Waals surface area (Å²) in [6, 6.07) is 4.86. The molecule has 1 heterocycles. The van der Waals surface area contributed by atoms with Gasteiger partial charge in [0.2, 0.25) is 0 Å². The summed E-state index contributed by atoms with van der Waals surface area (Å²) in [5.41, 5.74) is 0. The quantitative estimate of drug-likeness (QED) is 0.751. The van der Waals surface area contributed by atoms with Crippen LogP contribution < -0.4 is 5.32 Å². The third-order valence-electron chi connectivity index (χ3n) is 2.92. The third kappa shape index (κ3) is 2.88. The lowest BCUT2D eigenvalue weighted by Gasteiger charge is -2.13. The summed E-state index contributed by atoms with van der Waals surface area (Å²) in [4.78, 5) is 0. The topological polar surface area (TPSA) is 25.2 Å². The van der Waals surface area contributed by atoms with Gasteiger partial charge in [0.15, 0.2) is 0 Å². The Morgan fingerprint density at radius 1 is 1.57 bits per heavy atom. The van der Waals surface area contributed by atoms with Crippen molar-refractivity contribution in [3.05, 3.63) is 24.2 Å². The second kappa shape index (κ2) is 4.65. The molecule has 14 heavy (non-hydrogen) atoms. The Balaban J connectivity index is 1.74. The molecule has 0 aromatic carbocycles. The minimum absolute atomic E-state index is 0.724. The molecule has 0 amide bonds. The normalized spacial score (nSPS) is 18.4. The van der Waals surface area contributed by atoms with Crippen molar-refractivity contribution in [2.45, 2.75) is 38.6 Å². The van der Waals surface area contributed by atoms with E-state index >= 15 is 0 Å². The molecule has 0 saturated heterocycles. The van der Waals surface area contributed by atoms with Crippen LogP contribution in [0.1, 0.15) is 31.9 Å². The molecule has 1 saturated carbocycles. The maximum absolute atomic E-state index is 5.36. The second-order valence-corrected chi connectivity index (χ2v) is 4.24. The zero-order valence-corrected chi connectivity index (χ0v) is 8.83. The van der Waals surface area contributed by atoms with Gasteiger partial charge < -0.3 is 9.73 Å². The van der Waals surface area contributed by atoms with E-state index in [0.29, 0.717) is 0 Å². The SMILES string of the molecule is CCC(CNC1CC1)Cc1ccco1. The van der Waals surface area contributed by atoms with Gasteiger partial charge in [0, 0.05) is 12.5 Å². The highest BCUT2D eigenvalue weighted by atomic mass is 16.3. The number of furan rings is 1. The van der Waals surface area contributed by atoms with Gasteiger partial charge in [0.25, 0.3) is 0 Å². The van der Waals surface area contributed by atoms with E-state index in [0.717, 1.165) is 30.7 Å². The fourth-order valence-corrected chi connectivity index (χ4v) is 1.69.